The van der Waals surface area contributed by atoms with Crippen LogP contribution in [-0.4, -0.2) is 12.3 Å². The molecule has 0 radical (unpaired) electrons. The Balaban J connectivity index is 1.59. The van der Waals surface area contributed by atoms with Crippen LogP contribution < -0.4 is 5.32 Å². The van der Waals surface area contributed by atoms with Gasteiger partial charge in [-0.3, -0.25) is 4.79 Å². The Kier molecular flexibility index (Phi) is 3.03. The van der Waals surface area contributed by atoms with E-state index >= 15 is 0 Å². The van der Waals surface area contributed by atoms with Gasteiger partial charge in [0.2, 0.25) is 0 Å². The van der Waals surface area contributed by atoms with Gasteiger partial charge in [0.05, 0.1) is 0 Å². The average molecular weight is 277 g/mol. The largest absolute Gasteiger partial charge is 0.384 e. The summed E-state index contributed by atoms with van der Waals surface area (Å²) in [6, 6.07) is 14.2. The fourth-order valence-electron chi connectivity index (χ4n) is 3.25. The Morgan fingerprint density at radius 2 is 1.76 bits per heavy atom. The second-order valence-electron chi connectivity index (χ2n) is 6.13. The fraction of sp³-hybridized carbons (Fsp3) is 0.316. The highest BCUT2D eigenvalue weighted by molar-refractivity contribution is 6.09. The highest BCUT2D eigenvalue weighted by Gasteiger charge is 2.20. The molecule has 1 heterocycles. The lowest BCUT2D eigenvalue weighted by Gasteiger charge is -2.25. The smallest absolute Gasteiger partial charge is 0.193 e. The van der Waals surface area contributed by atoms with Gasteiger partial charge in [0, 0.05) is 23.4 Å². The lowest BCUT2D eigenvalue weighted by atomic mass is 9.80. The topological polar surface area (TPSA) is 29.1 Å². The number of hydrogen-bond donors (Lipinski definition) is 1. The van der Waals surface area contributed by atoms with Gasteiger partial charge in [0.1, 0.15) is 0 Å². The van der Waals surface area contributed by atoms with Crippen molar-refractivity contribution in [1.82, 2.24) is 0 Å². The molecule has 0 amide bonds. The Morgan fingerprint density at radius 3 is 2.48 bits per heavy atom. The van der Waals surface area contributed by atoms with Crippen LogP contribution in [0.15, 0.2) is 42.5 Å². The summed E-state index contributed by atoms with van der Waals surface area (Å²) in [5.74, 6) is 0.838. The number of anilines is 1. The number of ketones is 1. The van der Waals surface area contributed by atoms with Gasteiger partial charge in [-0.05, 0) is 42.4 Å². The Morgan fingerprint density at radius 1 is 1.00 bits per heavy atom. The standard InChI is InChI=1S/C19H19NO/c21-19(17-9-6-15-10-11-20-18(15)12-17)16-7-4-14(5-8-16)13-2-1-3-13/h4-9,12-13,20H,1-3,10-11H2. The fourth-order valence-corrected chi connectivity index (χ4v) is 3.25. The van der Waals surface area contributed by atoms with Crippen LogP contribution in [0, 0.1) is 0 Å². The summed E-state index contributed by atoms with van der Waals surface area (Å²) in [4.78, 5) is 12.6. The van der Waals surface area contributed by atoms with Crippen molar-refractivity contribution in [2.75, 3.05) is 11.9 Å². The van der Waals surface area contributed by atoms with Crippen molar-refractivity contribution in [3.05, 3.63) is 64.7 Å². The van der Waals surface area contributed by atoms with Crippen molar-refractivity contribution in [2.24, 2.45) is 0 Å². The number of carbonyl (C=O) groups is 1. The Labute approximate surface area is 125 Å². The van der Waals surface area contributed by atoms with E-state index in [0.717, 1.165) is 35.7 Å². The molecule has 4 rings (SSSR count). The van der Waals surface area contributed by atoms with Gasteiger partial charge in [-0.15, -0.1) is 0 Å². The lowest BCUT2D eigenvalue weighted by molar-refractivity contribution is 0.103. The minimum atomic E-state index is 0.117. The van der Waals surface area contributed by atoms with Crippen LogP contribution in [0.25, 0.3) is 0 Å². The van der Waals surface area contributed by atoms with Gasteiger partial charge in [0.15, 0.2) is 5.78 Å². The van der Waals surface area contributed by atoms with Crippen molar-refractivity contribution in [1.29, 1.82) is 0 Å². The van der Waals surface area contributed by atoms with Gasteiger partial charge in [-0.2, -0.15) is 0 Å². The molecule has 0 bridgehead atoms. The molecule has 1 N–H and O–H groups in total. The molecule has 0 aromatic heterocycles. The molecule has 2 heteroatoms. The predicted molar refractivity (Wildman–Crippen MR) is 85.1 cm³/mol. The zero-order chi connectivity index (χ0) is 14.2. The molecule has 1 saturated carbocycles. The van der Waals surface area contributed by atoms with Crippen LogP contribution >= 0.6 is 0 Å². The first-order valence-electron chi connectivity index (χ1n) is 7.83. The van der Waals surface area contributed by atoms with Crippen molar-refractivity contribution in [2.45, 2.75) is 31.6 Å². The molecule has 1 aliphatic carbocycles. The van der Waals surface area contributed by atoms with Crippen LogP contribution in [0.5, 0.6) is 0 Å². The van der Waals surface area contributed by atoms with E-state index in [1.54, 1.807) is 0 Å². The number of hydrogen-bond acceptors (Lipinski definition) is 2. The summed E-state index contributed by atoms with van der Waals surface area (Å²) < 4.78 is 0. The Hall–Kier alpha value is -2.09. The SMILES string of the molecule is O=C(c1ccc(C2CCC2)cc1)c1ccc2c(c1)NCC2. The number of rotatable bonds is 3. The van der Waals surface area contributed by atoms with Gasteiger partial charge < -0.3 is 5.32 Å². The average Bonchev–Trinajstić information content (AvgIpc) is 2.93. The van der Waals surface area contributed by atoms with Gasteiger partial charge in [-0.1, -0.05) is 42.8 Å². The molecular weight excluding hydrogens is 258 g/mol. The maximum atomic E-state index is 12.6. The number of nitrogens with one attached hydrogen (secondary N) is 1. The molecular formula is C19H19NO. The van der Waals surface area contributed by atoms with E-state index in [1.807, 2.05) is 24.3 Å². The number of fused-ring (bicyclic) bond motifs is 1. The zero-order valence-electron chi connectivity index (χ0n) is 12.1. The molecule has 21 heavy (non-hydrogen) atoms. The summed E-state index contributed by atoms with van der Waals surface area (Å²) in [7, 11) is 0. The molecule has 1 fully saturated rings. The van der Waals surface area contributed by atoms with E-state index in [0.29, 0.717) is 0 Å². The highest BCUT2D eigenvalue weighted by Crippen LogP contribution is 2.36. The molecule has 2 aromatic carbocycles. The summed E-state index contributed by atoms with van der Waals surface area (Å²) >= 11 is 0. The van der Waals surface area contributed by atoms with Crippen LogP contribution in [0.4, 0.5) is 5.69 Å². The summed E-state index contributed by atoms with van der Waals surface area (Å²) in [5.41, 5.74) is 5.38. The van der Waals surface area contributed by atoms with Gasteiger partial charge >= 0.3 is 0 Å². The van der Waals surface area contributed by atoms with E-state index < -0.39 is 0 Å². The van der Waals surface area contributed by atoms with E-state index in [-0.39, 0.29) is 5.78 Å². The first-order chi connectivity index (χ1) is 10.3. The van der Waals surface area contributed by atoms with E-state index in [2.05, 4.69) is 23.5 Å². The van der Waals surface area contributed by atoms with Crippen LogP contribution in [0.3, 0.4) is 0 Å². The van der Waals surface area contributed by atoms with Crippen LogP contribution in [-0.2, 0) is 6.42 Å². The Bertz CT molecular complexity index is 683. The second-order valence-corrected chi connectivity index (χ2v) is 6.13. The first kappa shape index (κ1) is 12.6. The predicted octanol–water partition coefficient (Wildman–Crippen LogP) is 4.15. The van der Waals surface area contributed by atoms with Crippen molar-refractivity contribution in [3.8, 4) is 0 Å². The van der Waals surface area contributed by atoms with Crippen molar-refractivity contribution >= 4 is 11.5 Å². The maximum absolute atomic E-state index is 12.6. The summed E-state index contributed by atoms with van der Waals surface area (Å²) in [5, 5.41) is 3.33. The van der Waals surface area contributed by atoms with Crippen molar-refractivity contribution < 1.29 is 4.79 Å². The first-order valence-corrected chi connectivity index (χ1v) is 7.83. The third-order valence-electron chi connectivity index (χ3n) is 4.83. The molecule has 2 aromatic rings. The lowest BCUT2D eigenvalue weighted by Crippen LogP contribution is -2.09. The van der Waals surface area contributed by atoms with E-state index in [9.17, 15) is 4.79 Å². The summed E-state index contributed by atoms with van der Waals surface area (Å²) in [6.45, 7) is 0.975. The normalized spacial score (nSPS) is 17.0. The van der Waals surface area contributed by atoms with Crippen molar-refractivity contribution in [3.63, 3.8) is 0 Å². The monoisotopic (exact) mass is 277 g/mol. The molecule has 0 atom stereocenters. The molecule has 0 unspecified atom stereocenters. The molecule has 106 valence electrons. The van der Waals surface area contributed by atoms with Crippen LogP contribution in [0.1, 0.15) is 52.2 Å². The molecule has 2 nitrogen and oxygen atoms in total. The minimum Gasteiger partial charge on any atom is -0.384 e. The van der Waals surface area contributed by atoms with E-state index in [1.165, 1.54) is 30.4 Å². The zero-order valence-corrected chi connectivity index (χ0v) is 12.1. The van der Waals surface area contributed by atoms with E-state index in [4.69, 9.17) is 0 Å². The molecule has 1 aliphatic heterocycles. The second kappa shape index (κ2) is 5.03. The molecule has 2 aliphatic rings. The third kappa shape index (κ3) is 2.25. The molecule has 0 spiro atoms. The maximum Gasteiger partial charge on any atom is 0.193 e. The number of carbonyl (C=O) groups excluding carboxylic acids is 1. The summed E-state index contributed by atoms with van der Waals surface area (Å²) in [6.07, 6.45) is 4.99. The quantitative estimate of drug-likeness (QED) is 0.854. The minimum absolute atomic E-state index is 0.117. The third-order valence-corrected chi connectivity index (χ3v) is 4.83. The highest BCUT2D eigenvalue weighted by atomic mass is 16.1. The number of benzene rings is 2. The molecule has 0 saturated heterocycles. The van der Waals surface area contributed by atoms with Gasteiger partial charge in [0.25, 0.3) is 0 Å². The van der Waals surface area contributed by atoms with Gasteiger partial charge in [-0.25, -0.2) is 0 Å². The van der Waals surface area contributed by atoms with Crippen LogP contribution in [0.2, 0.25) is 0 Å².